The van der Waals surface area contributed by atoms with E-state index < -0.39 is 24.2 Å². The summed E-state index contributed by atoms with van der Waals surface area (Å²) in [6.45, 7) is -0.788. The fraction of sp³-hybridized carbons (Fsp3) is 0.250. The summed E-state index contributed by atoms with van der Waals surface area (Å²) in [5, 5.41) is 10.2. The second-order valence-corrected chi connectivity index (χ2v) is 2.46. The molecule has 0 bridgehead atoms. The molecule has 0 aromatic heterocycles. The van der Waals surface area contributed by atoms with Crippen molar-refractivity contribution in [2.75, 3.05) is 0 Å². The molecule has 0 aliphatic rings. The van der Waals surface area contributed by atoms with Gasteiger partial charge in [-0.2, -0.15) is 13.2 Å². The number of benzene rings is 1. The van der Waals surface area contributed by atoms with Gasteiger partial charge in [-0.15, -0.1) is 6.61 Å². The van der Waals surface area contributed by atoms with Crippen LogP contribution in [0.15, 0.2) is 18.2 Å². The zero-order valence-corrected chi connectivity index (χ0v) is 9.36. The van der Waals surface area contributed by atoms with Gasteiger partial charge in [0, 0.05) is 0 Å². The van der Waals surface area contributed by atoms with E-state index in [1.165, 1.54) is 0 Å². The van der Waals surface area contributed by atoms with E-state index in [0.717, 1.165) is 6.07 Å². The normalized spacial score (nSPS) is 10.9. The largest absolute Gasteiger partial charge is 1.00 e. The van der Waals surface area contributed by atoms with Crippen LogP contribution in [0, 0.1) is 5.82 Å². The van der Waals surface area contributed by atoms with E-state index in [4.69, 9.17) is 0 Å². The van der Waals surface area contributed by atoms with Crippen molar-refractivity contribution in [2.24, 2.45) is 0 Å². The maximum atomic E-state index is 12.6. The summed E-state index contributed by atoms with van der Waals surface area (Å²) in [5.41, 5.74) is -1.46. The van der Waals surface area contributed by atoms with Crippen molar-refractivity contribution in [3.8, 4) is 0 Å². The topological polar surface area (TPSA) is 23.1 Å². The minimum absolute atomic E-state index is 0. The molecule has 0 saturated carbocycles. The number of hydrogen-bond donors (Lipinski definition) is 0. The van der Waals surface area contributed by atoms with Gasteiger partial charge in [0.15, 0.2) is 0 Å². The minimum atomic E-state index is -4.74. The molecule has 0 N–H and O–H groups in total. The van der Waals surface area contributed by atoms with Crippen LogP contribution in [0.4, 0.5) is 17.6 Å². The molecule has 0 radical (unpaired) electrons. The van der Waals surface area contributed by atoms with Gasteiger partial charge in [0.25, 0.3) is 0 Å². The second kappa shape index (κ2) is 5.11. The van der Waals surface area contributed by atoms with E-state index in [2.05, 4.69) is 0 Å². The van der Waals surface area contributed by atoms with Crippen molar-refractivity contribution in [3.05, 3.63) is 35.1 Å². The Labute approximate surface area is 100 Å². The van der Waals surface area contributed by atoms with Crippen molar-refractivity contribution in [2.45, 2.75) is 12.8 Å². The zero-order valence-electron chi connectivity index (χ0n) is 7.36. The molecule has 0 aliphatic heterocycles. The van der Waals surface area contributed by atoms with Crippen LogP contribution in [0.25, 0.3) is 0 Å². The standard InChI is InChI=1S/C8H5F4O.Na/c9-7-2-1-5(4-13)3-6(7)8(10,11)12;/h1-3H,4H2;/q-1;+1. The first-order valence-electron chi connectivity index (χ1n) is 3.39. The van der Waals surface area contributed by atoms with E-state index in [-0.39, 0.29) is 35.1 Å². The van der Waals surface area contributed by atoms with E-state index in [1.54, 1.807) is 0 Å². The molecule has 0 heterocycles. The molecule has 1 aromatic carbocycles. The van der Waals surface area contributed by atoms with Crippen LogP contribution in [-0.2, 0) is 12.8 Å². The molecule has 0 fully saturated rings. The van der Waals surface area contributed by atoms with Crippen LogP contribution < -0.4 is 34.7 Å². The van der Waals surface area contributed by atoms with Crippen LogP contribution in [-0.4, -0.2) is 0 Å². The zero-order chi connectivity index (χ0) is 10.1. The maximum Gasteiger partial charge on any atom is 1.00 e. The number of hydrogen-bond acceptors (Lipinski definition) is 1. The van der Waals surface area contributed by atoms with E-state index >= 15 is 0 Å². The smallest absolute Gasteiger partial charge is 0.851 e. The van der Waals surface area contributed by atoms with Crippen LogP contribution in [0.3, 0.4) is 0 Å². The van der Waals surface area contributed by atoms with Crippen molar-refractivity contribution < 1.29 is 52.2 Å². The van der Waals surface area contributed by atoms with Crippen LogP contribution in [0.2, 0.25) is 0 Å². The van der Waals surface area contributed by atoms with Crippen molar-refractivity contribution >= 4 is 0 Å². The van der Waals surface area contributed by atoms with Gasteiger partial charge in [-0.25, -0.2) is 4.39 Å². The molecule has 72 valence electrons. The minimum Gasteiger partial charge on any atom is -0.851 e. The fourth-order valence-electron chi connectivity index (χ4n) is 0.879. The predicted octanol–water partition coefficient (Wildman–Crippen LogP) is -1.29. The fourth-order valence-corrected chi connectivity index (χ4v) is 0.879. The third-order valence-electron chi connectivity index (χ3n) is 1.50. The Kier molecular flexibility index (Phi) is 5.08. The number of alkyl halides is 3. The van der Waals surface area contributed by atoms with Gasteiger partial charge < -0.3 is 5.11 Å². The van der Waals surface area contributed by atoms with Gasteiger partial charge in [0.2, 0.25) is 0 Å². The van der Waals surface area contributed by atoms with Gasteiger partial charge in [-0.1, -0.05) is 11.6 Å². The Bertz CT molecular complexity index is 311. The summed E-state index contributed by atoms with van der Waals surface area (Å²) in [4.78, 5) is 0. The average Bonchev–Trinajstić information content (AvgIpc) is 2.03. The molecule has 0 saturated heterocycles. The molecule has 0 amide bonds. The molecule has 0 spiro atoms. The Morgan fingerprint density at radius 3 is 2.21 bits per heavy atom. The first kappa shape index (κ1) is 13.9. The van der Waals surface area contributed by atoms with Gasteiger partial charge >= 0.3 is 35.7 Å². The summed E-state index contributed by atoms with van der Waals surface area (Å²) in [5.74, 6) is -1.36. The molecule has 0 unspecified atom stereocenters. The molecule has 14 heavy (non-hydrogen) atoms. The van der Waals surface area contributed by atoms with Gasteiger partial charge in [-0.05, 0) is 12.1 Å². The Balaban J connectivity index is 0.00000169. The van der Waals surface area contributed by atoms with E-state index in [9.17, 15) is 22.7 Å². The van der Waals surface area contributed by atoms with E-state index in [0.29, 0.717) is 12.1 Å². The number of halogens is 4. The summed E-state index contributed by atoms with van der Waals surface area (Å²) >= 11 is 0. The van der Waals surface area contributed by atoms with Crippen LogP contribution in [0.5, 0.6) is 0 Å². The van der Waals surface area contributed by atoms with E-state index in [1.807, 2.05) is 0 Å². The molecular formula is C8H5F4NaO. The average molecular weight is 216 g/mol. The van der Waals surface area contributed by atoms with Gasteiger partial charge in [-0.3, -0.25) is 0 Å². The Morgan fingerprint density at radius 1 is 1.21 bits per heavy atom. The molecule has 1 aromatic rings. The quantitative estimate of drug-likeness (QED) is 0.423. The van der Waals surface area contributed by atoms with Gasteiger partial charge in [0.1, 0.15) is 5.82 Å². The second-order valence-electron chi connectivity index (χ2n) is 2.46. The summed E-state index contributed by atoms with van der Waals surface area (Å²) < 4.78 is 48.6. The molecular weight excluding hydrogens is 211 g/mol. The van der Waals surface area contributed by atoms with Gasteiger partial charge in [0.05, 0.1) is 5.56 Å². The Morgan fingerprint density at radius 2 is 1.79 bits per heavy atom. The maximum absolute atomic E-state index is 12.6. The summed E-state index contributed by atoms with van der Waals surface area (Å²) in [6.07, 6.45) is -4.74. The van der Waals surface area contributed by atoms with Crippen LogP contribution >= 0.6 is 0 Å². The monoisotopic (exact) mass is 216 g/mol. The van der Waals surface area contributed by atoms with Crippen molar-refractivity contribution in [1.82, 2.24) is 0 Å². The third-order valence-corrected chi connectivity index (χ3v) is 1.50. The molecule has 6 heteroatoms. The number of rotatable bonds is 1. The molecule has 0 aliphatic carbocycles. The third kappa shape index (κ3) is 3.24. The molecule has 0 atom stereocenters. The van der Waals surface area contributed by atoms with Crippen molar-refractivity contribution in [3.63, 3.8) is 0 Å². The SMILES string of the molecule is [Na+].[O-]Cc1ccc(F)c(C(F)(F)F)c1. The first-order chi connectivity index (χ1) is 5.95. The predicted molar refractivity (Wildman–Crippen MR) is 35.1 cm³/mol. The van der Waals surface area contributed by atoms with Crippen LogP contribution in [0.1, 0.15) is 11.1 Å². The molecule has 1 nitrogen and oxygen atoms in total. The van der Waals surface area contributed by atoms with Crippen molar-refractivity contribution in [1.29, 1.82) is 0 Å². The Hall–Kier alpha value is -0.100. The molecule has 1 rings (SSSR count). The summed E-state index contributed by atoms with van der Waals surface area (Å²) in [7, 11) is 0. The summed E-state index contributed by atoms with van der Waals surface area (Å²) in [6, 6.07) is 2.22. The first-order valence-corrected chi connectivity index (χ1v) is 3.39.